The molecule has 1 aromatic rings. The third kappa shape index (κ3) is 9.35. The quantitative estimate of drug-likeness (QED) is 0.167. The van der Waals surface area contributed by atoms with Gasteiger partial charge in [0.05, 0.1) is 13.2 Å². The van der Waals surface area contributed by atoms with Crippen LogP contribution < -0.4 is 0 Å². The Balaban J connectivity index is 1.76. The summed E-state index contributed by atoms with van der Waals surface area (Å²) in [6.45, 7) is 6.64. The fourth-order valence-electron chi connectivity index (χ4n) is 6.03. The zero-order chi connectivity index (χ0) is 37.6. The normalized spacial score (nSPS) is 30.9. The second-order valence-electron chi connectivity index (χ2n) is 12.2. The zero-order valence-electron chi connectivity index (χ0n) is 29.3. The van der Waals surface area contributed by atoms with Crippen LogP contribution in [0.4, 0.5) is 0 Å². The lowest BCUT2D eigenvalue weighted by molar-refractivity contribution is -0.350. The molecule has 3 aliphatic rings. The van der Waals surface area contributed by atoms with E-state index >= 15 is 0 Å². The first-order chi connectivity index (χ1) is 24.1. The number of ether oxygens (including phenoxy) is 9. The first-order valence-electron chi connectivity index (χ1n) is 16.1. The molecule has 2 saturated heterocycles. The number of carbonyl (C=O) groups is 6. The molecule has 0 bridgehead atoms. The number of imide groups is 1. The molecule has 17 heteroatoms. The highest BCUT2D eigenvalue weighted by atomic mass is 16.8. The average molecular weight is 722 g/mol. The van der Waals surface area contributed by atoms with E-state index in [0.29, 0.717) is 0 Å². The summed E-state index contributed by atoms with van der Waals surface area (Å²) in [4.78, 5) is 76.6. The molecule has 0 aliphatic carbocycles. The highest BCUT2D eigenvalue weighted by molar-refractivity contribution is 6.19. The molecule has 2 fully saturated rings. The predicted octanol–water partition coefficient (Wildman–Crippen LogP) is 0.478. The summed E-state index contributed by atoms with van der Waals surface area (Å²) in [6.07, 6.45) is -13.7. The van der Waals surface area contributed by atoms with E-state index in [1.165, 1.54) is 21.0 Å². The van der Waals surface area contributed by atoms with Gasteiger partial charge in [0.25, 0.3) is 11.8 Å². The highest BCUT2D eigenvalue weighted by Gasteiger charge is 2.58. The third-order valence-corrected chi connectivity index (χ3v) is 8.45. The Kier molecular flexibility index (Phi) is 13.4. The molecule has 1 aromatic carbocycles. The molecule has 0 unspecified atom stereocenters. The molecule has 51 heavy (non-hydrogen) atoms. The van der Waals surface area contributed by atoms with E-state index < -0.39 is 104 Å². The molecule has 0 spiro atoms. The summed E-state index contributed by atoms with van der Waals surface area (Å²) in [7, 11) is 1.26. The van der Waals surface area contributed by atoms with Gasteiger partial charge < -0.3 is 47.7 Å². The summed E-state index contributed by atoms with van der Waals surface area (Å²) in [5.74, 6) is -4.72. The lowest BCUT2D eigenvalue weighted by atomic mass is 9.94. The van der Waals surface area contributed by atoms with E-state index in [4.69, 9.17) is 42.6 Å². The Labute approximate surface area is 293 Å². The molecule has 280 valence electrons. The SMILES string of the molecule is CO[C@@H]1O[C@H](COCc2ccccc2)[C@@H](O)[C@@H](O[C@@H]2O[C@H](COC(C)=O)[C@H](OC(C)=O)[C@H](OC(C)=O)[C@H]2OC(C)=O)[C@H]1N1C(=O)C(C)=C(C)C1=O. The molecular weight excluding hydrogens is 678 g/mol. The van der Waals surface area contributed by atoms with Crippen molar-refractivity contribution in [2.24, 2.45) is 0 Å². The first-order valence-corrected chi connectivity index (χ1v) is 16.1. The fourth-order valence-corrected chi connectivity index (χ4v) is 6.03. The van der Waals surface area contributed by atoms with Crippen molar-refractivity contribution in [2.75, 3.05) is 20.3 Å². The molecule has 0 aromatic heterocycles. The molecule has 10 atom stereocenters. The van der Waals surface area contributed by atoms with Gasteiger partial charge in [0, 0.05) is 46.0 Å². The summed E-state index contributed by atoms with van der Waals surface area (Å²) in [5, 5.41) is 11.9. The number of nitrogens with zero attached hydrogens (tertiary/aromatic N) is 1. The molecule has 1 N–H and O–H groups in total. The van der Waals surface area contributed by atoms with Crippen molar-refractivity contribution >= 4 is 35.7 Å². The van der Waals surface area contributed by atoms with Gasteiger partial charge in [-0.1, -0.05) is 30.3 Å². The first kappa shape index (κ1) is 39.5. The lowest BCUT2D eigenvalue weighted by Gasteiger charge is -2.50. The van der Waals surface area contributed by atoms with Gasteiger partial charge in [-0.2, -0.15) is 0 Å². The van der Waals surface area contributed by atoms with E-state index in [-0.39, 0.29) is 24.4 Å². The largest absolute Gasteiger partial charge is 0.463 e. The van der Waals surface area contributed by atoms with Crippen LogP contribution >= 0.6 is 0 Å². The van der Waals surface area contributed by atoms with Crippen LogP contribution in [-0.4, -0.2) is 127 Å². The van der Waals surface area contributed by atoms with Crippen LogP contribution in [-0.2, 0) is 78.0 Å². The minimum atomic E-state index is -1.77. The van der Waals surface area contributed by atoms with Gasteiger partial charge in [0.1, 0.15) is 37.1 Å². The number of aliphatic hydroxyl groups is 1. The summed E-state index contributed by atoms with van der Waals surface area (Å²) in [6, 6.07) is 7.71. The number of methoxy groups -OCH3 is 1. The van der Waals surface area contributed by atoms with Crippen LogP contribution in [0.1, 0.15) is 47.1 Å². The number of carbonyl (C=O) groups excluding carboxylic acids is 6. The maximum Gasteiger partial charge on any atom is 0.303 e. The summed E-state index contributed by atoms with van der Waals surface area (Å²) < 4.78 is 51.6. The Morgan fingerprint density at radius 2 is 1.27 bits per heavy atom. The number of esters is 4. The van der Waals surface area contributed by atoms with Gasteiger partial charge >= 0.3 is 23.9 Å². The molecular formula is C34H43NO16. The van der Waals surface area contributed by atoms with E-state index in [9.17, 15) is 33.9 Å². The van der Waals surface area contributed by atoms with E-state index in [1.54, 1.807) is 0 Å². The van der Waals surface area contributed by atoms with Gasteiger partial charge in [0.2, 0.25) is 0 Å². The van der Waals surface area contributed by atoms with Crippen molar-refractivity contribution in [1.82, 2.24) is 4.90 Å². The number of hydrogen-bond acceptors (Lipinski definition) is 16. The monoisotopic (exact) mass is 721 g/mol. The average Bonchev–Trinajstić information content (AvgIpc) is 3.25. The Bertz CT molecular complexity index is 1470. The van der Waals surface area contributed by atoms with Gasteiger partial charge in [0.15, 0.2) is 30.9 Å². The van der Waals surface area contributed by atoms with Gasteiger partial charge in [-0.15, -0.1) is 0 Å². The number of rotatable bonds is 13. The number of aliphatic hydroxyl groups excluding tert-OH is 1. The minimum absolute atomic E-state index is 0.142. The predicted molar refractivity (Wildman–Crippen MR) is 169 cm³/mol. The second-order valence-corrected chi connectivity index (χ2v) is 12.2. The number of hydrogen-bond donors (Lipinski definition) is 1. The lowest BCUT2D eigenvalue weighted by Crippen LogP contribution is -2.69. The second kappa shape index (κ2) is 17.3. The molecule has 4 rings (SSSR count). The number of amides is 2. The molecule has 2 amide bonds. The topological polar surface area (TPSA) is 209 Å². The van der Waals surface area contributed by atoms with Crippen molar-refractivity contribution in [3.8, 4) is 0 Å². The van der Waals surface area contributed by atoms with Gasteiger partial charge in [-0.05, 0) is 19.4 Å². The van der Waals surface area contributed by atoms with E-state index in [2.05, 4.69) is 0 Å². The highest BCUT2D eigenvalue weighted by Crippen LogP contribution is 2.37. The molecule has 3 heterocycles. The summed E-state index contributed by atoms with van der Waals surface area (Å²) >= 11 is 0. The third-order valence-electron chi connectivity index (χ3n) is 8.45. The van der Waals surface area contributed by atoms with Crippen LogP contribution in [0.2, 0.25) is 0 Å². The molecule has 3 aliphatic heterocycles. The molecule has 0 radical (unpaired) electrons. The maximum absolute atomic E-state index is 13.5. The zero-order valence-corrected chi connectivity index (χ0v) is 29.3. The number of benzene rings is 1. The molecule has 0 saturated carbocycles. The summed E-state index contributed by atoms with van der Waals surface area (Å²) in [5.41, 5.74) is 1.12. The Hall–Kier alpha value is -4.26. The van der Waals surface area contributed by atoms with Gasteiger partial charge in [-0.3, -0.25) is 33.7 Å². The van der Waals surface area contributed by atoms with Crippen LogP contribution in [0.5, 0.6) is 0 Å². The van der Waals surface area contributed by atoms with Crippen LogP contribution in [0, 0.1) is 0 Å². The van der Waals surface area contributed by atoms with Crippen molar-refractivity contribution in [3.05, 3.63) is 47.0 Å². The molecule has 17 nitrogen and oxygen atoms in total. The van der Waals surface area contributed by atoms with Crippen molar-refractivity contribution in [2.45, 2.75) is 109 Å². The maximum atomic E-state index is 13.5. The minimum Gasteiger partial charge on any atom is -0.463 e. The van der Waals surface area contributed by atoms with Crippen LogP contribution in [0.15, 0.2) is 41.5 Å². The Morgan fingerprint density at radius 3 is 1.82 bits per heavy atom. The fraction of sp³-hybridized carbons (Fsp3) is 0.588. The van der Waals surface area contributed by atoms with E-state index in [1.807, 2.05) is 30.3 Å². The van der Waals surface area contributed by atoms with Crippen LogP contribution in [0.3, 0.4) is 0 Å². The van der Waals surface area contributed by atoms with E-state index in [0.717, 1.165) is 38.2 Å². The van der Waals surface area contributed by atoms with Gasteiger partial charge in [-0.25, -0.2) is 0 Å². The smallest absolute Gasteiger partial charge is 0.303 e. The van der Waals surface area contributed by atoms with Crippen molar-refractivity contribution in [1.29, 1.82) is 0 Å². The van der Waals surface area contributed by atoms with Crippen molar-refractivity contribution in [3.63, 3.8) is 0 Å². The standard InChI is InChI=1S/C34H43NO16/c1-16-17(2)32(42)35(31(16)41)25-28(26(40)23(49-33(25)43-7)14-44-13-22-11-9-8-10-12-22)51-34-30(48-21(6)39)29(47-20(5)38)27(46-19(4)37)24(50-34)15-45-18(3)36/h8-12,23-30,33-34,40H,13-15H2,1-7H3/t23-,24-,25-,26-,27+,28+,29+,30-,33-,34+/m1/s1. The van der Waals surface area contributed by atoms with Crippen LogP contribution in [0.25, 0.3) is 0 Å². The Morgan fingerprint density at radius 1 is 0.725 bits per heavy atom. The van der Waals surface area contributed by atoms with Crippen molar-refractivity contribution < 1.29 is 76.5 Å².